The van der Waals surface area contributed by atoms with E-state index in [0.29, 0.717) is 11.3 Å². The highest BCUT2D eigenvalue weighted by Gasteiger charge is 2.30. The molecule has 2 aromatic heterocycles. The molecule has 0 saturated carbocycles. The minimum absolute atomic E-state index is 0.205. The van der Waals surface area contributed by atoms with Crippen LogP contribution in [0.2, 0.25) is 0 Å². The molecule has 0 spiro atoms. The predicted molar refractivity (Wildman–Crippen MR) is 135 cm³/mol. The van der Waals surface area contributed by atoms with Crippen LogP contribution in [0.25, 0.3) is 11.3 Å². The summed E-state index contributed by atoms with van der Waals surface area (Å²) in [6.07, 6.45) is -2.38. The summed E-state index contributed by atoms with van der Waals surface area (Å²) in [6.45, 7) is 4.57. The van der Waals surface area contributed by atoms with Crippen molar-refractivity contribution in [2.45, 2.75) is 44.6 Å². The van der Waals surface area contributed by atoms with Crippen LogP contribution in [0.4, 0.5) is 18.0 Å². The standard InChI is InChI=1S/C25H28F3N5O5S/c1-24(2,3)21(15-33-13-11-20(32-33)17-7-9-18(10-8-17)25(26,27)28)31-23(35)38-16-19(34)14-30-39(36,37)22-6-4-5-12-29-22/h4-13,21,30H,14-16H2,1-3H3,(H,31,35)/t21-/m1/s1. The molecule has 14 heteroatoms. The Kier molecular flexibility index (Phi) is 9.12. The third kappa shape index (κ3) is 8.61. The molecule has 0 aliphatic heterocycles. The van der Waals surface area contributed by atoms with Gasteiger partial charge in [-0.2, -0.15) is 18.3 Å². The Morgan fingerprint density at radius 1 is 1.05 bits per heavy atom. The zero-order valence-corrected chi connectivity index (χ0v) is 22.2. The number of carbonyl (C=O) groups is 2. The molecule has 0 fully saturated rings. The average Bonchev–Trinajstić information content (AvgIpc) is 3.34. The van der Waals surface area contributed by atoms with Gasteiger partial charge in [0.15, 0.2) is 17.4 Å². The van der Waals surface area contributed by atoms with E-state index in [1.807, 2.05) is 20.8 Å². The van der Waals surface area contributed by atoms with Gasteiger partial charge in [0.2, 0.25) is 0 Å². The Balaban J connectivity index is 1.55. The molecule has 39 heavy (non-hydrogen) atoms. The Morgan fingerprint density at radius 3 is 2.33 bits per heavy atom. The fraction of sp³-hybridized carbons (Fsp3) is 0.360. The lowest BCUT2D eigenvalue weighted by Crippen LogP contribution is -2.47. The molecule has 10 nitrogen and oxygen atoms in total. The van der Waals surface area contributed by atoms with E-state index in [9.17, 15) is 31.2 Å². The number of pyridine rings is 1. The number of aromatic nitrogens is 3. The maximum Gasteiger partial charge on any atom is 0.416 e. The van der Waals surface area contributed by atoms with Gasteiger partial charge in [-0.1, -0.05) is 39.0 Å². The first-order valence-corrected chi connectivity index (χ1v) is 13.2. The lowest BCUT2D eigenvalue weighted by molar-refractivity contribution is -0.137. The summed E-state index contributed by atoms with van der Waals surface area (Å²) >= 11 is 0. The van der Waals surface area contributed by atoms with Crippen LogP contribution in [0.1, 0.15) is 26.3 Å². The van der Waals surface area contributed by atoms with E-state index < -0.39 is 58.2 Å². The number of amides is 1. The highest BCUT2D eigenvalue weighted by atomic mass is 32.2. The van der Waals surface area contributed by atoms with Gasteiger partial charge in [0.1, 0.15) is 0 Å². The van der Waals surface area contributed by atoms with Crippen molar-refractivity contribution >= 4 is 21.9 Å². The molecule has 1 aromatic carbocycles. The van der Waals surface area contributed by atoms with E-state index in [1.165, 1.54) is 30.5 Å². The molecule has 2 heterocycles. The van der Waals surface area contributed by atoms with E-state index in [-0.39, 0.29) is 11.6 Å². The number of ether oxygens (including phenoxy) is 1. The number of rotatable bonds is 10. The second-order valence-electron chi connectivity index (χ2n) is 9.67. The summed E-state index contributed by atoms with van der Waals surface area (Å²) in [5.41, 5.74) is -0.274. The van der Waals surface area contributed by atoms with Crippen molar-refractivity contribution in [2.24, 2.45) is 5.41 Å². The Labute approximate surface area is 223 Å². The van der Waals surface area contributed by atoms with E-state index in [0.717, 1.165) is 12.1 Å². The monoisotopic (exact) mass is 567 g/mol. The summed E-state index contributed by atoms with van der Waals surface area (Å²) in [6, 6.07) is 10.1. The van der Waals surface area contributed by atoms with Gasteiger partial charge in [-0.05, 0) is 35.7 Å². The molecule has 210 valence electrons. The van der Waals surface area contributed by atoms with Crippen molar-refractivity contribution in [3.8, 4) is 11.3 Å². The van der Waals surface area contributed by atoms with Crippen LogP contribution >= 0.6 is 0 Å². The lowest BCUT2D eigenvalue weighted by atomic mass is 9.87. The number of carbonyl (C=O) groups excluding carboxylic acids is 2. The van der Waals surface area contributed by atoms with E-state index in [4.69, 9.17) is 4.74 Å². The van der Waals surface area contributed by atoms with Crippen LogP contribution in [0.15, 0.2) is 66.0 Å². The topological polar surface area (TPSA) is 132 Å². The van der Waals surface area contributed by atoms with Crippen molar-refractivity contribution < 1.29 is 35.9 Å². The van der Waals surface area contributed by atoms with E-state index in [1.54, 1.807) is 23.0 Å². The SMILES string of the molecule is CC(C)(C)[C@@H](Cn1ccc(-c2ccc(C(F)(F)F)cc2)n1)NC(=O)OCC(=O)CNS(=O)(=O)c1ccccn1. The van der Waals surface area contributed by atoms with Crippen LogP contribution in [0.3, 0.4) is 0 Å². The second kappa shape index (κ2) is 11.9. The number of nitrogens with zero attached hydrogens (tertiary/aromatic N) is 3. The molecule has 1 amide bonds. The number of ketones is 1. The first-order valence-electron chi connectivity index (χ1n) is 11.7. The third-order valence-corrected chi connectivity index (χ3v) is 6.91. The van der Waals surface area contributed by atoms with Crippen LogP contribution < -0.4 is 10.0 Å². The largest absolute Gasteiger partial charge is 0.441 e. The van der Waals surface area contributed by atoms with Crippen molar-refractivity contribution in [3.63, 3.8) is 0 Å². The van der Waals surface area contributed by atoms with Gasteiger partial charge < -0.3 is 10.1 Å². The molecule has 2 N–H and O–H groups in total. The normalized spacial score (nSPS) is 13.1. The molecule has 3 aromatic rings. The van der Waals surface area contributed by atoms with Crippen molar-refractivity contribution in [1.29, 1.82) is 0 Å². The zero-order chi connectivity index (χ0) is 28.8. The Bertz CT molecular complexity index is 1390. The average molecular weight is 568 g/mol. The minimum Gasteiger partial charge on any atom is -0.441 e. The van der Waals surface area contributed by atoms with E-state index in [2.05, 4.69) is 20.1 Å². The molecule has 0 unspecified atom stereocenters. The van der Waals surface area contributed by atoms with Crippen molar-refractivity contribution in [1.82, 2.24) is 24.8 Å². The first kappa shape index (κ1) is 29.8. The molecule has 0 aliphatic carbocycles. The Hall–Kier alpha value is -3.78. The molecule has 0 bridgehead atoms. The molecular weight excluding hydrogens is 539 g/mol. The molecule has 1 atom stereocenters. The Morgan fingerprint density at radius 2 is 1.74 bits per heavy atom. The summed E-state index contributed by atoms with van der Waals surface area (Å²) in [5, 5.41) is 6.84. The molecule has 0 aliphatic rings. The van der Waals surface area contributed by atoms with Crippen molar-refractivity contribution in [3.05, 3.63) is 66.5 Å². The van der Waals surface area contributed by atoms with Crippen molar-refractivity contribution in [2.75, 3.05) is 13.2 Å². The predicted octanol–water partition coefficient (Wildman–Crippen LogP) is 3.65. The van der Waals surface area contributed by atoms with Crippen LogP contribution in [-0.2, 0) is 32.3 Å². The second-order valence-corrected chi connectivity index (χ2v) is 11.4. The smallest absolute Gasteiger partial charge is 0.416 e. The molecule has 0 radical (unpaired) electrons. The van der Waals surface area contributed by atoms with Crippen LogP contribution in [-0.4, -0.2) is 54.3 Å². The number of alkyl halides is 3. The number of benzene rings is 1. The van der Waals surface area contributed by atoms with Gasteiger partial charge in [0.05, 0.1) is 30.4 Å². The van der Waals surface area contributed by atoms with Gasteiger partial charge in [0, 0.05) is 18.0 Å². The number of hydrogen-bond acceptors (Lipinski definition) is 7. The minimum atomic E-state index is -4.43. The van der Waals surface area contributed by atoms with Gasteiger partial charge >= 0.3 is 12.3 Å². The zero-order valence-electron chi connectivity index (χ0n) is 21.4. The van der Waals surface area contributed by atoms with Gasteiger partial charge in [0.25, 0.3) is 10.0 Å². The summed E-state index contributed by atoms with van der Waals surface area (Å²) in [4.78, 5) is 28.2. The summed E-state index contributed by atoms with van der Waals surface area (Å²) in [7, 11) is -3.99. The highest BCUT2D eigenvalue weighted by molar-refractivity contribution is 7.89. The first-order chi connectivity index (χ1) is 18.1. The maximum atomic E-state index is 12.8. The number of sulfonamides is 1. The maximum absolute atomic E-state index is 12.8. The number of nitrogens with one attached hydrogen (secondary N) is 2. The summed E-state index contributed by atoms with van der Waals surface area (Å²) in [5.74, 6) is -0.676. The number of halogens is 3. The third-order valence-electron chi connectivity index (χ3n) is 5.59. The van der Waals surface area contributed by atoms with Gasteiger partial charge in [-0.15, -0.1) is 0 Å². The fourth-order valence-corrected chi connectivity index (χ4v) is 4.26. The van der Waals surface area contributed by atoms with Crippen LogP contribution in [0, 0.1) is 5.41 Å². The van der Waals surface area contributed by atoms with Gasteiger partial charge in [-0.3, -0.25) is 9.48 Å². The van der Waals surface area contributed by atoms with Gasteiger partial charge in [-0.25, -0.2) is 22.9 Å². The summed E-state index contributed by atoms with van der Waals surface area (Å²) < 4.78 is 71.4. The highest BCUT2D eigenvalue weighted by Crippen LogP contribution is 2.30. The molecule has 0 saturated heterocycles. The quantitative estimate of drug-likeness (QED) is 0.382. The fourth-order valence-electron chi connectivity index (χ4n) is 3.31. The molecular formula is C25H28F3N5O5S. The molecule has 3 rings (SSSR count). The number of hydrogen-bond donors (Lipinski definition) is 2. The van der Waals surface area contributed by atoms with Crippen LogP contribution in [0.5, 0.6) is 0 Å². The van der Waals surface area contributed by atoms with E-state index >= 15 is 0 Å². The lowest BCUT2D eigenvalue weighted by Gasteiger charge is -2.31. The number of alkyl carbamates (subject to hydrolysis) is 1. The number of Topliss-reactive ketones (excluding diaryl/α,β-unsaturated/α-hetero) is 1.